The molecule has 0 aromatic carbocycles. The molecule has 14 heteroatoms. The van der Waals surface area contributed by atoms with Crippen molar-refractivity contribution in [3.8, 4) is 0 Å². The van der Waals surface area contributed by atoms with Crippen molar-refractivity contribution in [1.82, 2.24) is 0 Å². The topological polar surface area (TPSA) is 228 Å². The Morgan fingerprint density at radius 1 is 0.625 bits per heavy atom. The van der Waals surface area contributed by atoms with Crippen molar-refractivity contribution in [3.05, 3.63) is 0 Å². The number of aliphatic hydroxyl groups excluding tert-OH is 9. The fraction of sp³-hybridized carbons (Fsp3) is 1.00. The summed E-state index contributed by atoms with van der Waals surface area (Å²) in [5.41, 5.74) is 0. The lowest BCUT2D eigenvalue weighted by molar-refractivity contribution is -0.365. The monoisotopic (exact) mass is 472 g/mol. The van der Waals surface area contributed by atoms with Crippen molar-refractivity contribution < 1.29 is 69.6 Å². The molecule has 0 amide bonds. The van der Waals surface area contributed by atoms with Crippen LogP contribution in [0.5, 0.6) is 0 Å². The molecule has 0 saturated carbocycles. The largest absolute Gasteiger partial charge is 0.394 e. The molecule has 3 aliphatic heterocycles. The molecular formula is C18H32O14. The van der Waals surface area contributed by atoms with Crippen LogP contribution in [0.1, 0.15) is 6.42 Å². The van der Waals surface area contributed by atoms with Gasteiger partial charge in [-0.05, 0) is 0 Å². The summed E-state index contributed by atoms with van der Waals surface area (Å²) < 4.78 is 27.0. The first-order valence-electron chi connectivity index (χ1n) is 10.4. The molecule has 0 aromatic rings. The number of hydrogen-bond donors (Lipinski definition) is 9. The van der Waals surface area contributed by atoms with Crippen LogP contribution in [0.3, 0.4) is 0 Å². The van der Waals surface area contributed by atoms with Crippen molar-refractivity contribution >= 4 is 0 Å². The van der Waals surface area contributed by atoms with Crippen molar-refractivity contribution in [3.63, 3.8) is 0 Å². The normalized spacial score (nSPS) is 50.3. The van der Waals surface area contributed by atoms with Crippen LogP contribution in [0.2, 0.25) is 0 Å². The molecule has 0 spiro atoms. The van der Waals surface area contributed by atoms with Gasteiger partial charge in [0.25, 0.3) is 0 Å². The van der Waals surface area contributed by atoms with Gasteiger partial charge < -0.3 is 69.6 Å². The van der Waals surface area contributed by atoms with E-state index in [0.717, 1.165) is 0 Å². The molecule has 9 N–H and O–H groups in total. The maximum atomic E-state index is 10.6. The van der Waals surface area contributed by atoms with Crippen LogP contribution in [0.25, 0.3) is 0 Å². The molecule has 0 aromatic heterocycles. The second-order valence-electron chi connectivity index (χ2n) is 8.12. The second-order valence-corrected chi connectivity index (χ2v) is 8.12. The van der Waals surface area contributed by atoms with Crippen LogP contribution in [0.15, 0.2) is 0 Å². The third-order valence-electron chi connectivity index (χ3n) is 5.87. The molecular weight excluding hydrogens is 440 g/mol. The fourth-order valence-electron chi connectivity index (χ4n) is 3.97. The third kappa shape index (κ3) is 5.39. The predicted octanol–water partition coefficient (Wildman–Crippen LogP) is -5.86. The highest BCUT2D eigenvalue weighted by molar-refractivity contribution is 4.94. The van der Waals surface area contributed by atoms with Gasteiger partial charge in [-0.2, -0.15) is 0 Å². The van der Waals surface area contributed by atoms with Gasteiger partial charge in [-0.1, -0.05) is 0 Å². The van der Waals surface area contributed by atoms with Crippen LogP contribution in [0.4, 0.5) is 0 Å². The Balaban J connectivity index is 1.70. The van der Waals surface area contributed by atoms with Gasteiger partial charge in [-0.25, -0.2) is 0 Å². The predicted molar refractivity (Wildman–Crippen MR) is 98.7 cm³/mol. The molecule has 3 aliphatic rings. The Labute approximate surface area is 183 Å². The highest BCUT2D eigenvalue weighted by atomic mass is 16.7. The molecule has 3 rings (SSSR count). The first kappa shape index (κ1) is 26.1. The molecule has 0 aliphatic carbocycles. The standard InChI is InChI=1S/C18H32O14/c19-2-6-1-7(22)12(25)17(29-6)32-16-10(4-21)30-18(14(27)13(16)26)31-15-9(3-20)28-5-8(23)11(15)24/h6-27H,1-5H2. The molecule has 13 unspecified atom stereocenters. The Morgan fingerprint density at radius 2 is 1.22 bits per heavy atom. The van der Waals surface area contributed by atoms with Crippen LogP contribution in [0, 0.1) is 0 Å². The smallest absolute Gasteiger partial charge is 0.187 e. The zero-order valence-corrected chi connectivity index (χ0v) is 17.1. The SMILES string of the molecule is OCC1CC(O)C(O)C(OC2C(CO)OC(OC3C(CO)OCC(O)C3O)C(O)C2O)O1. The summed E-state index contributed by atoms with van der Waals surface area (Å²) in [5.74, 6) is 0. The second kappa shape index (κ2) is 11.2. The summed E-state index contributed by atoms with van der Waals surface area (Å²) in [7, 11) is 0. The van der Waals surface area contributed by atoms with Gasteiger partial charge >= 0.3 is 0 Å². The Morgan fingerprint density at radius 3 is 1.81 bits per heavy atom. The van der Waals surface area contributed by atoms with E-state index in [0.29, 0.717) is 0 Å². The molecule has 32 heavy (non-hydrogen) atoms. The number of aliphatic hydroxyl groups is 9. The van der Waals surface area contributed by atoms with E-state index in [1.165, 1.54) is 0 Å². The van der Waals surface area contributed by atoms with Crippen molar-refractivity contribution in [2.24, 2.45) is 0 Å². The zero-order chi connectivity index (χ0) is 23.6. The van der Waals surface area contributed by atoms with Crippen LogP contribution in [-0.4, -0.2) is 152 Å². The fourth-order valence-corrected chi connectivity index (χ4v) is 3.97. The first-order valence-corrected chi connectivity index (χ1v) is 10.4. The van der Waals surface area contributed by atoms with E-state index in [9.17, 15) is 46.0 Å². The van der Waals surface area contributed by atoms with Gasteiger partial charge in [0, 0.05) is 6.42 Å². The Bertz CT molecular complexity index is 578. The van der Waals surface area contributed by atoms with Gasteiger partial charge in [0.2, 0.25) is 0 Å². The van der Waals surface area contributed by atoms with Crippen LogP contribution in [-0.2, 0) is 23.7 Å². The van der Waals surface area contributed by atoms with Crippen LogP contribution >= 0.6 is 0 Å². The Hall–Kier alpha value is -0.560. The van der Waals surface area contributed by atoms with Gasteiger partial charge in [0.15, 0.2) is 12.6 Å². The third-order valence-corrected chi connectivity index (χ3v) is 5.87. The average molecular weight is 472 g/mol. The van der Waals surface area contributed by atoms with E-state index < -0.39 is 99.5 Å². The number of rotatable bonds is 7. The summed E-state index contributed by atoms with van der Waals surface area (Å²) in [6.45, 7) is -2.00. The first-order chi connectivity index (χ1) is 15.2. The summed E-state index contributed by atoms with van der Waals surface area (Å²) >= 11 is 0. The maximum absolute atomic E-state index is 10.6. The lowest BCUT2D eigenvalue weighted by Crippen LogP contribution is -2.65. The van der Waals surface area contributed by atoms with E-state index in [1.54, 1.807) is 0 Å². The van der Waals surface area contributed by atoms with E-state index in [-0.39, 0.29) is 13.0 Å². The van der Waals surface area contributed by atoms with E-state index in [2.05, 4.69) is 0 Å². The number of ether oxygens (including phenoxy) is 5. The summed E-state index contributed by atoms with van der Waals surface area (Å²) in [4.78, 5) is 0. The zero-order valence-electron chi connectivity index (χ0n) is 17.1. The Kier molecular flexibility index (Phi) is 9.15. The summed E-state index contributed by atoms with van der Waals surface area (Å²) in [6.07, 6.45) is -18.3. The van der Waals surface area contributed by atoms with Crippen LogP contribution < -0.4 is 0 Å². The summed E-state index contributed by atoms with van der Waals surface area (Å²) in [6, 6.07) is 0. The maximum Gasteiger partial charge on any atom is 0.187 e. The highest BCUT2D eigenvalue weighted by Gasteiger charge is 2.51. The molecule has 0 bridgehead atoms. The van der Waals surface area contributed by atoms with Gasteiger partial charge in [0.1, 0.15) is 54.9 Å². The lowest BCUT2D eigenvalue weighted by Gasteiger charge is -2.47. The molecule has 0 radical (unpaired) electrons. The number of hydrogen-bond acceptors (Lipinski definition) is 14. The molecule has 13 atom stereocenters. The van der Waals surface area contributed by atoms with E-state index in [4.69, 9.17) is 23.7 Å². The molecule has 14 nitrogen and oxygen atoms in total. The van der Waals surface area contributed by atoms with E-state index in [1.807, 2.05) is 0 Å². The van der Waals surface area contributed by atoms with Crippen molar-refractivity contribution in [1.29, 1.82) is 0 Å². The van der Waals surface area contributed by atoms with Crippen molar-refractivity contribution in [2.45, 2.75) is 86.1 Å². The quantitative estimate of drug-likeness (QED) is 0.168. The minimum absolute atomic E-state index is 0.0487. The molecule has 3 saturated heterocycles. The van der Waals surface area contributed by atoms with Crippen molar-refractivity contribution in [2.75, 3.05) is 26.4 Å². The molecule has 188 valence electrons. The van der Waals surface area contributed by atoms with E-state index >= 15 is 0 Å². The lowest BCUT2D eigenvalue weighted by atomic mass is 9.97. The minimum atomic E-state index is -1.78. The summed E-state index contributed by atoms with van der Waals surface area (Å²) in [5, 5.41) is 89.6. The van der Waals surface area contributed by atoms with Gasteiger partial charge in [0.05, 0.1) is 38.6 Å². The molecule has 3 heterocycles. The van der Waals surface area contributed by atoms with Gasteiger partial charge in [-0.15, -0.1) is 0 Å². The minimum Gasteiger partial charge on any atom is -0.394 e. The molecule has 3 fully saturated rings. The van der Waals surface area contributed by atoms with Gasteiger partial charge in [-0.3, -0.25) is 0 Å². The average Bonchev–Trinajstić information content (AvgIpc) is 2.78. The highest BCUT2D eigenvalue weighted by Crippen LogP contribution is 2.31.